The zero-order valence-electron chi connectivity index (χ0n) is 7.58. The molecule has 0 aliphatic carbocycles. The molecule has 11 heavy (non-hydrogen) atoms. The highest BCUT2D eigenvalue weighted by Crippen LogP contribution is 2.14. The number of nitrogens with zero attached hydrogens (tertiary/aromatic N) is 1. The molecule has 0 heterocycles. The first kappa shape index (κ1) is 10.5. The first-order chi connectivity index (χ1) is 5.35. The van der Waals surface area contributed by atoms with Crippen molar-refractivity contribution in [1.82, 2.24) is 0 Å². The number of hydrogen-bond donors (Lipinski definition) is 1. The average Bonchev–Trinajstić information content (AvgIpc) is 2.05. The molecule has 0 saturated carbocycles. The summed E-state index contributed by atoms with van der Waals surface area (Å²) in [6.07, 6.45) is 7.52. The summed E-state index contributed by atoms with van der Waals surface area (Å²) in [4.78, 5) is 0. The monoisotopic (exact) mass is 157 g/mol. The van der Waals surface area contributed by atoms with Gasteiger partial charge >= 0.3 is 0 Å². The molecule has 0 aliphatic rings. The zero-order chi connectivity index (χ0) is 8.53. The fourth-order valence-corrected chi connectivity index (χ4v) is 1.18. The highest BCUT2D eigenvalue weighted by molar-refractivity contribution is 5.56. The minimum atomic E-state index is 0.714. The Kier molecular flexibility index (Phi) is 7.21. The molecule has 1 unspecified atom stereocenters. The number of rotatable bonds is 6. The highest BCUT2D eigenvalue weighted by atomic mass is 16.4. The topological polar surface area (TPSA) is 32.6 Å². The van der Waals surface area contributed by atoms with E-state index in [0.29, 0.717) is 5.92 Å². The van der Waals surface area contributed by atoms with Gasteiger partial charge in [-0.15, -0.1) is 5.16 Å². The van der Waals surface area contributed by atoms with Gasteiger partial charge in [0.25, 0.3) is 0 Å². The summed E-state index contributed by atoms with van der Waals surface area (Å²) in [5.41, 5.74) is 0. The molecule has 0 aliphatic heterocycles. The summed E-state index contributed by atoms with van der Waals surface area (Å²) in [5, 5.41) is 11.2. The molecule has 0 spiro atoms. The lowest BCUT2D eigenvalue weighted by molar-refractivity contribution is 0.318. The van der Waals surface area contributed by atoms with Crippen molar-refractivity contribution in [3.63, 3.8) is 0 Å². The summed E-state index contributed by atoms with van der Waals surface area (Å²) in [6, 6.07) is 0. The third-order valence-electron chi connectivity index (χ3n) is 2.06. The van der Waals surface area contributed by atoms with Gasteiger partial charge in [0, 0.05) is 6.21 Å². The van der Waals surface area contributed by atoms with Crippen LogP contribution in [0.2, 0.25) is 0 Å². The van der Waals surface area contributed by atoms with Crippen molar-refractivity contribution in [3.8, 4) is 0 Å². The van der Waals surface area contributed by atoms with Crippen molar-refractivity contribution >= 4 is 6.21 Å². The molecular formula is C9H19NO. The van der Waals surface area contributed by atoms with E-state index in [1.807, 2.05) is 0 Å². The maximum absolute atomic E-state index is 8.21. The number of oxime groups is 1. The van der Waals surface area contributed by atoms with Gasteiger partial charge in [0.15, 0.2) is 0 Å². The summed E-state index contributed by atoms with van der Waals surface area (Å²) in [7, 11) is 0. The Morgan fingerprint density at radius 2 is 2.18 bits per heavy atom. The van der Waals surface area contributed by atoms with E-state index in [4.69, 9.17) is 5.21 Å². The Hall–Kier alpha value is -0.530. The smallest absolute Gasteiger partial charge is 0.0438 e. The molecule has 0 rings (SSSR count). The first-order valence-corrected chi connectivity index (χ1v) is 4.51. The molecule has 0 amide bonds. The van der Waals surface area contributed by atoms with Crippen LogP contribution in [0.15, 0.2) is 5.16 Å². The maximum atomic E-state index is 8.21. The molecule has 2 nitrogen and oxygen atoms in total. The van der Waals surface area contributed by atoms with Crippen LogP contribution in [-0.4, -0.2) is 11.4 Å². The van der Waals surface area contributed by atoms with E-state index in [1.54, 1.807) is 6.21 Å². The van der Waals surface area contributed by atoms with Gasteiger partial charge in [0.1, 0.15) is 0 Å². The maximum Gasteiger partial charge on any atom is 0.0438 e. The third kappa shape index (κ3) is 5.89. The minimum absolute atomic E-state index is 0.714. The second-order valence-electron chi connectivity index (χ2n) is 2.95. The number of unbranched alkanes of at least 4 members (excludes halogenated alkanes) is 1. The molecule has 1 atom stereocenters. The minimum Gasteiger partial charge on any atom is -0.411 e. The fraction of sp³-hybridized carbons (Fsp3) is 0.889. The third-order valence-corrected chi connectivity index (χ3v) is 2.06. The van der Waals surface area contributed by atoms with Gasteiger partial charge in [0.2, 0.25) is 0 Å². The summed E-state index contributed by atoms with van der Waals surface area (Å²) in [5.74, 6) is 0.714. The van der Waals surface area contributed by atoms with Gasteiger partial charge < -0.3 is 5.21 Å². The van der Waals surface area contributed by atoms with Crippen molar-refractivity contribution in [3.05, 3.63) is 0 Å². The van der Waals surface area contributed by atoms with Gasteiger partial charge in [-0.2, -0.15) is 0 Å². The largest absolute Gasteiger partial charge is 0.411 e. The highest BCUT2D eigenvalue weighted by Gasteiger charge is 2.02. The van der Waals surface area contributed by atoms with Crippen LogP contribution < -0.4 is 0 Å². The fourth-order valence-electron chi connectivity index (χ4n) is 1.18. The SMILES string of the molecule is CCCCC(CC)CC=NO. The molecule has 66 valence electrons. The lowest BCUT2D eigenvalue weighted by atomic mass is 9.97. The normalized spacial score (nSPS) is 14.0. The lowest BCUT2D eigenvalue weighted by Crippen LogP contribution is -1.99. The molecule has 1 N–H and O–H groups in total. The number of hydrogen-bond acceptors (Lipinski definition) is 2. The van der Waals surface area contributed by atoms with Crippen LogP contribution in [0.25, 0.3) is 0 Å². The van der Waals surface area contributed by atoms with E-state index < -0.39 is 0 Å². The van der Waals surface area contributed by atoms with E-state index in [2.05, 4.69) is 19.0 Å². The van der Waals surface area contributed by atoms with E-state index in [1.165, 1.54) is 25.7 Å². The van der Waals surface area contributed by atoms with E-state index >= 15 is 0 Å². The van der Waals surface area contributed by atoms with Crippen molar-refractivity contribution < 1.29 is 5.21 Å². The van der Waals surface area contributed by atoms with Crippen molar-refractivity contribution in [2.45, 2.75) is 46.0 Å². The lowest BCUT2D eigenvalue weighted by Gasteiger charge is -2.09. The van der Waals surface area contributed by atoms with Crippen LogP contribution in [0.3, 0.4) is 0 Å². The molecule has 0 aromatic heterocycles. The molecule has 0 saturated heterocycles. The van der Waals surface area contributed by atoms with Crippen LogP contribution in [-0.2, 0) is 0 Å². The molecule has 0 fully saturated rings. The van der Waals surface area contributed by atoms with Gasteiger partial charge in [0.05, 0.1) is 0 Å². The Morgan fingerprint density at radius 1 is 1.45 bits per heavy atom. The van der Waals surface area contributed by atoms with Crippen LogP contribution >= 0.6 is 0 Å². The Labute approximate surface area is 69.3 Å². The predicted molar refractivity (Wildman–Crippen MR) is 48.2 cm³/mol. The van der Waals surface area contributed by atoms with Crippen molar-refractivity contribution in [2.24, 2.45) is 11.1 Å². The zero-order valence-corrected chi connectivity index (χ0v) is 7.58. The van der Waals surface area contributed by atoms with Crippen molar-refractivity contribution in [2.75, 3.05) is 0 Å². The predicted octanol–water partition coefficient (Wildman–Crippen LogP) is 3.05. The Bertz CT molecular complexity index is 102. The molecule has 0 bridgehead atoms. The van der Waals surface area contributed by atoms with E-state index in [9.17, 15) is 0 Å². The summed E-state index contributed by atoms with van der Waals surface area (Å²) in [6.45, 7) is 4.39. The molecule has 0 aromatic rings. The molecule has 0 aromatic carbocycles. The van der Waals surface area contributed by atoms with Crippen LogP contribution in [0.5, 0.6) is 0 Å². The average molecular weight is 157 g/mol. The Balaban J connectivity index is 3.40. The second-order valence-corrected chi connectivity index (χ2v) is 2.95. The van der Waals surface area contributed by atoms with E-state index in [0.717, 1.165) is 6.42 Å². The first-order valence-electron chi connectivity index (χ1n) is 4.51. The van der Waals surface area contributed by atoms with Crippen LogP contribution in [0.4, 0.5) is 0 Å². The summed E-state index contributed by atoms with van der Waals surface area (Å²) >= 11 is 0. The Morgan fingerprint density at radius 3 is 2.64 bits per heavy atom. The second kappa shape index (κ2) is 7.58. The van der Waals surface area contributed by atoms with Crippen LogP contribution in [0.1, 0.15) is 46.0 Å². The summed E-state index contributed by atoms with van der Waals surface area (Å²) < 4.78 is 0. The van der Waals surface area contributed by atoms with Gasteiger partial charge in [-0.05, 0) is 12.3 Å². The van der Waals surface area contributed by atoms with Crippen molar-refractivity contribution in [1.29, 1.82) is 0 Å². The molecular weight excluding hydrogens is 138 g/mol. The quantitative estimate of drug-likeness (QED) is 0.359. The van der Waals surface area contributed by atoms with Gasteiger partial charge in [-0.3, -0.25) is 0 Å². The van der Waals surface area contributed by atoms with Crippen LogP contribution in [0, 0.1) is 5.92 Å². The molecule has 2 heteroatoms. The molecule has 0 radical (unpaired) electrons. The van der Waals surface area contributed by atoms with E-state index in [-0.39, 0.29) is 0 Å². The van der Waals surface area contributed by atoms with Gasteiger partial charge in [-0.25, -0.2) is 0 Å². The standard InChI is InChI=1S/C9H19NO/c1-3-5-6-9(4-2)7-8-10-11/h8-9,11H,3-7H2,1-2H3. The van der Waals surface area contributed by atoms with Gasteiger partial charge in [-0.1, -0.05) is 39.5 Å².